The van der Waals surface area contributed by atoms with Crippen LogP contribution in [0.1, 0.15) is 12.5 Å². The monoisotopic (exact) mass is 259 g/mol. The summed E-state index contributed by atoms with van der Waals surface area (Å²) < 4.78 is 0.688. The quantitative estimate of drug-likeness (QED) is 0.771. The molecule has 0 aliphatic rings. The molecule has 0 aromatic heterocycles. The van der Waals surface area contributed by atoms with Gasteiger partial charge < -0.3 is 15.5 Å². The molecule has 0 saturated heterocycles. The molecule has 0 amide bonds. The normalized spacial score (nSPS) is 12.8. The Bertz CT molecular complexity index is 304. The van der Waals surface area contributed by atoms with Gasteiger partial charge in [-0.25, -0.2) is 0 Å². The molecule has 1 unspecified atom stereocenters. The molecule has 3 nitrogen and oxygen atoms in total. The number of aromatic hydroxyl groups is 1. The maximum atomic E-state index is 9.26. The fraction of sp³-hybridized carbons (Fsp3) is 0.400. The average Bonchev–Trinajstić information content (AvgIpc) is 2.19. The van der Waals surface area contributed by atoms with Crippen molar-refractivity contribution in [1.29, 1.82) is 0 Å². The summed E-state index contributed by atoms with van der Waals surface area (Å²) in [5, 5.41) is 21.2. The Balaban J connectivity index is 2.55. The van der Waals surface area contributed by atoms with Crippen LogP contribution in [-0.2, 0) is 6.54 Å². The molecule has 0 spiro atoms. The summed E-state index contributed by atoms with van der Waals surface area (Å²) in [4.78, 5) is 0. The van der Waals surface area contributed by atoms with E-state index in [1.165, 1.54) is 0 Å². The number of halogens is 1. The van der Waals surface area contributed by atoms with Crippen molar-refractivity contribution in [3.8, 4) is 5.75 Å². The summed E-state index contributed by atoms with van der Waals surface area (Å²) in [6.45, 7) is 2.72. The second kappa shape index (κ2) is 5.34. The lowest BCUT2D eigenvalue weighted by molar-refractivity contribution is 0.251. The Kier molecular flexibility index (Phi) is 4.38. The van der Waals surface area contributed by atoms with Gasteiger partial charge in [-0.3, -0.25) is 0 Å². The van der Waals surface area contributed by atoms with Gasteiger partial charge in [-0.2, -0.15) is 0 Å². The van der Waals surface area contributed by atoms with Crippen LogP contribution in [-0.4, -0.2) is 22.9 Å². The van der Waals surface area contributed by atoms with Crippen LogP contribution >= 0.6 is 15.9 Å². The van der Waals surface area contributed by atoms with Gasteiger partial charge in [-0.05, 0) is 40.5 Å². The second-order valence-corrected chi connectivity index (χ2v) is 4.10. The molecule has 0 fully saturated rings. The average molecular weight is 260 g/mol. The highest BCUT2D eigenvalue weighted by atomic mass is 79.9. The number of aliphatic hydroxyl groups excluding tert-OH is 1. The lowest BCUT2D eigenvalue weighted by Crippen LogP contribution is -2.28. The first kappa shape index (κ1) is 11.5. The van der Waals surface area contributed by atoms with Gasteiger partial charge in [0, 0.05) is 12.6 Å². The van der Waals surface area contributed by atoms with Crippen molar-refractivity contribution in [2.75, 3.05) is 6.61 Å². The Morgan fingerprint density at radius 1 is 1.50 bits per heavy atom. The Morgan fingerprint density at radius 2 is 2.21 bits per heavy atom. The zero-order valence-corrected chi connectivity index (χ0v) is 9.58. The maximum Gasteiger partial charge on any atom is 0.129 e. The zero-order valence-electron chi connectivity index (χ0n) is 8.00. The van der Waals surface area contributed by atoms with Gasteiger partial charge >= 0.3 is 0 Å². The number of phenols is 1. The fourth-order valence-corrected chi connectivity index (χ4v) is 1.44. The fourth-order valence-electron chi connectivity index (χ4n) is 1.02. The molecule has 14 heavy (non-hydrogen) atoms. The van der Waals surface area contributed by atoms with E-state index in [0.29, 0.717) is 11.0 Å². The molecule has 0 bridgehead atoms. The summed E-state index contributed by atoms with van der Waals surface area (Å²) in [5.41, 5.74) is 1.06. The van der Waals surface area contributed by atoms with Gasteiger partial charge in [-0.1, -0.05) is 6.07 Å². The van der Waals surface area contributed by atoms with Gasteiger partial charge in [0.1, 0.15) is 5.75 Å². The van der Waals surface area contributed by atoms with Crippen molar-refractivity contribution >= 4 is 15.9 Å². The first-order valence-electron chi connectivity index (χ1n) is 4.45. The first-order valence-corrected chi connectivity index (χ1v) is 5.24. The van der Waals surface area contributed by atoms with Gasteiger partial charge in [0.25, 0.3) is 0 Å². The summed E-state index contributed by atoms with van der Waals surface area (Å²) >= 11 is 3.24. The number of nitrogens with one attached hydrogen (secondary N) is 1. The summed E-state index contributed by atoms with van der Waals surface area (Å²) in [5.74, 6) is 0.240. The molecule has 78 valence electrons. The predicted octanol–water partition coefficient (Wildman–Crippen LogP) is 1.63. The molecule has 1 rings (SSSR count). The van der Waals surface area contributed by atoms with Crippen molar-refractivity contribution in [2.45, 2.75) is 19.5 Å². The summed E-state index contributed by atoms with van der Waals surface area (Å²) in [6, 6.07) is 5.43. The highest BCUT2D eigenvalue weighted by Crippen LogP contribution is 2.24. The van der Waals surface area contributed by atoms with Crippen LogP contribution in [0.15, 0.2) is 22.7 Å². The van der Waals surface area contributed by atoms with Gasteiger partial charge in [0.2, 0.25) is 0 Å². The SMILES string of the molecule is CC(CO)NCc1ccc(O)c(Br)c1. The Labute approximate surface area is 91.9 Å². The third kappa shape index (κ3) is 3.29. The van der Waals surface area contributed by atoms with Crippen LogP contribution in [0.5, 0.6) is 5.75 Å². The topological polar surface area (TPSA) is 52.5 Å². The van der Waals surface area contributed by atoms with Crippen molar-refractivity contribution in [2.24, 2.45) is 0 Å². The van der Waals surface area contributed by atoms with E-state index in [9.17, 15) is 5.11 Å². The largest absolute Gasteiger partial charge is 0.507 e. The summed E-state index contributed by atoms with van der Waals surface area (Å²) in [6.07, 6.45) is 0. The standard InChI is InChI=1S/C10H14BrNO2/c1-7(6-13)12-5-8-2-3-10(14)9(11)4-8/h2-4,7,12-14H,5-6H2,1H3. The highest BCUT2D eigenvalue weighted by Gasteiger charge is 2.01. The number of phenolic OH excluding ortho intramolecular Hbond substituents is 1. The molecule has 3 N–H and O–H groups in total. The van der Waals surface area contributed by atoms with Gasteiger partial charge in [0.05, 0.1) is 11.1 Å². The minimum Gasteiger partial charge on any atom is -0.507 e. The van der Waals surface area contributed by atoms with Crippen LogP contribution in [0, 0.1) is 0 Å². The second-order valence-electron chi connectivity index (χ2n) is 3.25. The molecule has 0 saturated carbocycles. The third-order valence-corrected chi connectivity index (χ3v) is 2.58. The lowest BCUT2D eigenvalue weighted by Gasteiger charge is -2.10. The maximum absolute atomic E-state index is 9.26. The van der Waals surface area contributed by atoms with E-state index in [1.807, 2.05) is 19.1 Å². The molecule has 1 aromatic rings. The molecule has 1 aromatic carbocycles. The molecule has 0 radical (unpaired) electrons. The number of rotatable bonds is 4. The number of aliphatic hydroxyl groups is 1. The molecule has 0 heterocycles. The number of hydrogen-bond donors (Lipinski definition) is 3. The van der Waals surface area contributed by atoms with Crippen LogP contribution < -0.4 is 5.32 Å². The molecule has 1 atom stereocenters. The highest BCUT2D eigenvalue weighted by molar-refractivity contribution is 9.10. The minimum atomic E-state index is 0.0857. The van der Waals surface area contributed by atoms with E-state index >= 15 is 0 Å². The van der Waals surface area contributed by atoms with Crippen LogP contribution in [0.25, 0.3) is 0 Å². The van der Waals surface area contributed by atoms with E-state index < -0.39 is 0 Å². The predicted molar refractivity (Wildman–Crippen MR) is 59.2 cm³/mol. The first-order chi connectivity index (χ1) is 6.63. The third-order valence-electron chi connectivity index (χ3n) is 1.94. The van der Waals surface area contributed by atoms with E-state index in [1.54, 1.807) is 6.07 Å². The Hall–Kier alpha value is -0.580. The molecular weight excluding hydrogens is 246 g/mol. The van der Waals surface area contributed by atoms with E-state index in [-0.39, 0.29) is 18.4 Å². The molecule has 0 aliphatic carbocycles. The van der Waals surface area contributed by atoms with Crippen molar-refractivity contribution in [3.05, 3.63) is 28.2 Å². The molecule has 0 aliphatic heterocycles. The number of benzene rings is 1. The van der Waals surface area contributed by atoms with Gasteiger partial charge in [0.15, 0.2) is 0 Å². The van der Waals surface area contributed by atoms with Crippen LogP contribution in [0.2, 0.25) is 0 Å². The van der Waals surface area contributed by atoms with Crippen LogP contribution in [0.4, 0.5) is 0 Å². The van der Waals surface area contributed by atoms with Crippen molar-refractivity contribution in [3.63, 3.8) is 0 Å². The lowest BCUT2D eigenvalue weighted by atomic mass is 10.2. The molecule has 4 heteroatoms. The van der Waals surface area contributed by atoms with Crippen molar-refractivity contribution < 1.29 is 10.2 Å². The summed E-state index contributed by atoms with van der Waals surface area (Å²) in [7, 11) is 0. The minimum absolute atomic E-state index is 0.0857. The van der Waals surface area contributed by atoms with E-state index in [0.717, 1.165) is 5.56 Å². The molecular formula is C10H14BrNO2. The Morgan fingerprint density at radius 3 is 2.79 bits per heavy atom. The number of hydrogen-bond acceptors (Lipinski definition) is 3. The van der Waals surface area contributed by atoms with Gasteiger partial charge in [-0.15, -0.1) is 0 Å². The van der Waals surface area contributed by atoms with E-state index in [4.69, 9.17) is 5.11 Å². The smallest absolute Gasteiger partial charge is 0.129 e. The van der Waals surface area contributed by atoms with Crippen LogP contribution in [0.3, 0.4) is 0 Å². The van der Waals surface area contributed by atoms with Crippen molar-refractivity contribution in [1.82, 2.24) is 5.32 Å². The van der Waals surface area contributed by atoms with E-state index in [2.05, 4.69) is 21.2 Å². The zero-order chi connectivity index (χ0) is 10.6.